The SMILES string of the molecule is Cc1cc(CNC(=O)CSc2nc3ccccc3s2)no1. The van der Waals surface area contributed by atoms with Crippen molar-refractivity contribution in [2.24, 2.45) is 0 Å². The second-order valence-electron chi connectivity index (χ2n) is 4.44. The lowest BCUT2D eigenvalue weighted by Gasteiger charge is -2.00. The quantitative estimate of drug-likeness (QED) is 0.732. The number of thioether (sulfide) groups is 1. The van der Waals surface area contributed by atoms with Crippen LogP contribution in [0, 0.1) is 6.92 Å². The highest BCUT2D eigenvalue weighted by Gasteiger charge is 2.08. The molecule has 0 unspecified atom stereocenters. The fourth-order valence-electron chi connectivity index (χ4n) is 1.78. The Labute approximate surface area is 129 Å². The monoisotopic (exact) mass is 319 g/mol. The van der Waals surface area contributed by atoms with Gasteiger partial charge in [-0.1, -0.05) is 29.1 Å². The van der Waals surface area contributed by atoms with E-state index < -0.39 is 0 Å². The van der Waals surface area contributed by atoms with Gasteiger partial charge in [-0.25, -0.2) is 4.98 Å². The van der Waals surface area contributed by atoms with E-state index in [0.717, 1.165) is 26.0 Å². The number of aryl methyl sites for hydroxylation is 1. The molecule has 0 atom stereocenters. The minimum atomic E-state index is -0.0418. The van der Waals surface area contributed by atoms with Crippen LogP contribution in [0.15, 0.2) is 39.2 Å². The van der Waals surface area contributed by atoms with Crippen molar-refractivity contribution in [2.45, 2.75) is 17.8 Å². The van der Waals surface area contributed by atoms with Crippen LogP contribution in [-0.2, 0) is 11.3 Å². The maximum Gasteiger partial charge on any atom is 0.230 e. The summed E-state index contributed by atoms with van der Waals surface area (Å²) in [5, 5.41) is 6.64. The second kappa shape index (κ2) is 6.28. The summed E-state index contributed by atoms with van der Waals surface area (Å²) in [6, 6.07) is 9.76. The van der Waals surface area contributed by atoms with Crippen molar-refractivity contribution in [3.8, 4) is 0 Å². The van der Waals surface area contributed by atoms with E-state index in [2.05, 4.69) is 15.5 Å². The summed E-state index contributed by atoms with van der Waals surface area (Å²) in [4.78, 5) is 16.3. The first kappa shape index (κ1) is 14.1. The summed E-state index contributed by atoms with van der Waals surface area (Å²) in [6.45, 7) is 2.21. The minimum Gasteiger partial charge on any atom is -0.361 e. The molecule has 0 spiro atoms. The molecule has 7 heteroatoms. The molecule has 1 amide bonds. The Morgan fingerprint density at radius 2 is 2.29 bits per heavy atom. The lowest BCUT2D eigenvalue weighted by molar-refractivity contribution is -0.118. The zero-order chi connectivity index (χ0) is 14.7. The maximum atomic E-state index is 11.8. The molecule has 0 aliphatic rings. The first-order chi connectivity index (χ1) is 10.2. The van der Waals surface area contributed by atoms with Gasteiger partial charge in [0.2, 0.25) is 5.91 Å². The summed E-state index contributed by atoms with van der Waals surface area (Å²) in [5.74, 6) is 1.04. The van der Waals surface area contributed by atoms with E-state index in [9.17, 15) is 4.79 Å². The molecule has 3 rings (SSSR count). The highest BCUT2D eigenvalue weighted by atomic mass is 32.2. The summed E-state index contributed by atoms with van der Waals surface area (Å²) in [6.07, 6.45) is 0. The van der Waals surface area contributed by atoms with Gasteiger partial charge >= 0.3 is 0 Å². The molecule has 0 bridgehead atoms. The van der Waals surface area contributed by atoms with E-state index in [0.29, 0.717) is 12.3 Å². The number of fused-ring (bicyclic) bond motifs is 1. The van der Waals surface area contributed by atoms with Gasteiger partial charge < -0.3 is 9.84 Å². The van der Waals surface area contributed by atoms with Gasteiger partial charge in [-0.15, -0.1) is 11.3 Å². The number of benzene rings is 1. The predicted molar refractivity (Wildman–Crippen MR) is 83.4 cm³/mol. The second-order valence-corrected chi connectivity index (χ2v) is 6.69. The average molecular weight is 319 g/mol. The number of aromatic nitrogens is 2. The normalized spacial score (nSPS) is 10.9. The zero-order valence-corrected chi connectivity index (χ0v) is 13.0. The number of nitrogens with zero attached hydrogens (tertiary/aromatic N) is 2. The Morgan fingerprint density at radius 1 is 1.43 bits per heavy atom. The Kier molecular flexibility index (Phi) is 4.21. The van der Waals surface area contributed by atoms with Crippen molar-refractivity contribution in [1.29, 1.82) is 0 Å². The third-order valence-electron chi connectivity index (χ3n) is 2.74. The number of carbonyl (C=O) groups excluding carboxylic acids is 1. The Hall–Kier alpha value is -1.86. The fraction of sp³-hybridized carbons (Fsp3) is 0.214. The smallest absolute Gasteiger partial charge is 0.230 e. The molecule has 5 nitrogen and oxygen atoms in total. The van der Waals surface area contributed by atoms with Crippen LogP contribution in [0.2, 0.25) is 0 Å². The van der Waals surface area contributed by atoms with Crippen LogP contribution in [0.25, 0.3) is 10.2 Å². The van der Waals surface area contributed by atoms with Crippen molar-refractivity contribution in [1.82, 2.24) is 15.5 Å². The summed E-state index contributed by atoms with van der Waals surface area (Å²) in [5.41, 5.74) is 1.70. The maximum absolute atomic E-state index is 11.8. The van der Waals surface area contributed by atoms with Gasteiger partial charge in [-0.2, -0.15) is 0 Å². The number of nitrogens with one attached hydrogen (secondary N) is 1. The summed E-state index contributed by atoms with van der Waals surface area (Å²) in [7, 11) is 0. The van der Waals surface area contributed by atoms with Crippen molar-refractivity contribution in [2.75, 3.05) is 5.75 Å². The van der Waals surface area contributed by atoms with Gasteiger partial charge in [-0.05, 0) is 19.1 Å². The summed E-state index contributed by atoms with van der Waals surface area (Å²) >= 11 is 3.05. The Bertz CT molecular complexity index is 733. The highest BCUT2D eigenvalue weighted by Crippen LogP contribution is 2.28. The topological polar surface area (TPSA) is 68.0 Å². The number of hydrogen-bond acceptors (Lipinski definition) is 6. The first-order valence-corrected chi connectivity index (χ1v) is 8.18. The van der Waals surface area contributed by atoms with Crippen LogP contribution >= 0.6 is 23.1 Å². The van der Waals surface area contributed by atoms with Gasteiger partial charge in [0, 0.05) is 6.07 Å². The van der Waals surface area contributed by atoms with Gasteiger partial charge in [0.1, 0.15) is 11.5 Å². The van der Waals surface area contributed by atoms with Crippen LogP contribution in [0.4, 0.5) is 0 Å². The van der Waals surface area contributed by atoms with E-state index in [1.54, 1.807) is 17.4 Å². The predicted octanol–water partition coefficient (Wildman–Crippen LogP) is 3.00. The molecule has 0 aliphatic carbocycles. The molecule has 0 saturated heterocycles. The van der Waals surface area contributed by atoms with E-state index in [1.807, 2.05) is 31.2 Å². The lowest BCUT2D eigenvalue weighted by Crippen LogP contribution is -2.24. The zero-order valence-electron chi connectivity index (χ0n) is 11.3. The molecule has 0 radical (unpaired) electrons. The molecular weight excluding hydrogens is 306 g/mol. The van der Waals surface area contributed by atoms with Crippen LogP contribution in [0.5, 0.6) is 0 Å². The molecule has 108 valence electrons. The van der Waals surface area contributed by atoms with Gasteiger partial charge in [0.15, 0.2) is 4.34 Å². The molecule has 1 N–H and O–H groups in total. The third kappa shape index (κ3) is 3.62. The van der Waals surface area contributed by atoms with Gasteiger partial charge in [-0.3, -0.25) is 4.79 Å². The van der Waals surface area contributed by atoms with Crippen molar-refractivity contribution >= 4 is 39.2 Å². The number of carbonyl (C=O) groups is 1. The fourth-order valence-corrected chi connectivity index (χ4v) is 3.68. The average Bonchev–Trinajstić information content (AvgIpc) is 3.08. The Morgan fingerprint density at radius 3 is 3.05 bits per heavy atom. The highest BCUT2D eigenvalue weighted by molar-refractivity contribution is 8.01. The van der Waals surface area contributed by atoms with Gasteiger partial charge in [0.25, 0.3) is 0 Å². The van der Waals surface area contributed by atoms with E-state index in [1.165, 1.54) is 11.8 Å². The molecule has 3 aromatic rings. The van der Waals surface area contributed by atoms with Crippen LogP contribution in [0.3, 0.4) is 0 Å². The molecular formula is C14H13N3O2S2. The third-order valence-corrected chi connectivity index (χ3v) is 4.92. The number of thiazole rings is 1. The van der Waals surface area contributed by atoms with E-state index in [-0.39, 0.29) is 5.91 Å². The van der Waals surface area contributed by atoms with Gasteiger partial charge in [0.05, 0.1) is 22.5 Å². The molecule has 2 aromatic heterocycles. The van der Waals surface area contributed by atoms with Crippen molar-refractivity contribution in [3.63, 3.8) is 0 Å². The van der Waals surface area contributed by atoms with Crippen molar-refractivity contribution in [3.05, 3.63) is 41.8 Å². The number of para-hydroxylation sites is 1. The van der Waals surface area contributed by atoms with E-state index >= 15 is 0 Å². The molecule has 0 aliphatic heterocycles. The first-order valence-electron chi connectivity index (χ1n) is 6.38. The minimum absolute atomic E-state index is 0.0418. The van der Waals surface area contributed by atoms with Crippen LogP contribution in [-0.4, -0.2) is 21.8 Å². The van der Waals surface area contributed by atoms with Crippen LogP contribution < -0.4 is 5.32 Å². The molecule has 0 fully saturated rings. The lowest BCUT2D eigenvalue weighted by atomic mass is 10.3. The molecule has 1 aromatic carbocycles. The molecule has 0 saturated carbocycles. The van der Waals surface area contributed by atoms with Crippen molar-refractivity contribution < 1.29 is 9.32 Å². The molecule has 21 heavy (non-hydrogen) atoms. The summed E-state index contributed by atoms with van der Waals surface area (Å²) < 4.78 is 6.99. The largest absolute Gasteiger partial charge is 0.361 e. The number of hydrogen-bond donors (Lipinski definition) is 1. The van der Waals surface area contributed by atoms with Crippen LogP contribution in [0.1, 0.15) is 11.5 Å². The molecule has 2 heterocycles. The Balaban J connectivity index is 1.51. The standard InChI is InChI=1S/C14H13N3O2S2/c1-9-6-10(17-19-9)7-15-13(18)8-20-14-16-11-4-2-3-5-12(11)21-14/h2-6H,7-8H2,1H3,(H,15,18). The number of amides is 1. The number of rotatable bonds is 5. The van der Waals surface area contributed by atoms with E-state index in [4.69, 9.17) is 4.52 Å².